The Bertz CT molecular complexity index is 431. The highest BCUT2D eigenvalue weighted by Gasteiger charge is 2.32. The second-order valence-electron chi connectivity index (χ2n) is 5.04. The van der Waals surface area contributed by atoms with Gasteiger partial charge in [-0.05, 0) is 38.3 Å². The van der Waals surface area contributed by atoms with Crippen molar-refractivity contribution >= 4 is 28.7 Å². The number of hydrogen-bond acceptors (Lipinski definition) is 4. The normalized spacial score (nSPS) is 17.5. The number of Topliss-reactive ketones (excluding diaryl/α,β-unsaturated/α-hetero) is 1. The maximum atomic E-state index is 12.5. The Morgan fingerprint density at radius 1 is 1.58 bits per heavy atom. The van der Waals surface area contributed by atoms with E-state index in [0.29, 0.717) is 10.4 Å². The van der Waals surface area contributed by atoms with Crippen molar-refractivity contribution in [1.82, 2.24) is 4.90 Å². The summed E-state index contributed by atoms with van der Waals surface area (Å²) in [5.41, 5.74) is 0. The van der Waals surface area contributed by atoms with Crippen LogP contribution in [0, 0.1) is 0 Å². The van der Waals surface area contributed by atoms with E-state index in [0.717, 1.165) is 30.7 Å². The Morgan fingerprint density at radius 3 is 2.79 bits per heavy atom. The van der Waals surface area contributed by atoms with Gasteiger partial charge in [-0.15, -0.1) is 11.3 Å². The largest absolute Gasteiger partial charge is 0.396 e. The molecule has 1 aliphatic rings. The molecular weight excluding hydrogens is 282 g/mol. The van der Waals surface area contributed by atoms with Crippen LogP contribution in [0.3, 0.4) is 0 Å². The summed E-state index contributed by atoms with van der Waals surface area (Å²) in [6.07, 6.45) is 4.29. The molecule has 1 atom stereocenters. The van der Waals surface area contributed by atoms with E-state index >= 15 is 0 Å². The van der Waals surface area contributed by atoms with Gasteiger partial charge in [0.2, 0.25) is 0 Å². The number of halogens is 1. The second-order valence-corrected chi connectivity index (χ2v) is 6.76. The van der Waals surface area contributed by atoms with Crippen LogP contribution in [0.5, 0.6) is 0 Å². The fourth-order valence-electron chi connectivity index (χ4n) is 2.47. The molecule has 1 heterocycles. The van der Waals surface area contributed by atoms with E-state index in [1.54, 1.807) is 12.1 Å². The smallest absolute Gasteiger partial charge is 0.189 e. The van der Waals surface area contributed by atoms with Crippen LogP contribution in [0.25, 0.3) is 0 Å². The standard InChI is InChI=1S/C14H20ClNO2S/c1-10(14(18)12-6-7-13(15)19-12)16(8-3-9-17)11-4-2-5-11/h6-7,10-11,17H,2-5,8-9H2,1H3. The van der Waals surface area contributed by atoms with Crippen molar-refractivity contribution in [2.45, 2.75) is 44.7 Å². The van der Waals surface area contributed by atoms with Crippen molar-refractivity contribution in [3.05, 3.63) is 21.3 Å². The topological polar surface area (TPSA) is 40.5 Å². The van der Waals surface area contributed by atoms with Gasteiger partial charge in [0, 0.05) is 19.2 Å². The zero-order valence-corrected chi connectivity index (χ0v) is 12.7. The van der Waals surface area contributed by atoms with Crippen molar-refractivity contribution in [1.29, 1.82) is 0 Å². The van der Waals surface area contributed by atoms with Crippen LogP contribution in [-0.4, -0.2) is 41.0 Å². The molecule has 1 aliphatic carbocycles. The van der Waals surface area contributed by atoms with Gasteiger partial charge in [-0.2, -0.15) is 0 Å². The van der Waals surface area contributed by atoms with Crippen molar-refractivity contribution in [2.24, 2.45) is 0 Å². The summed E-state index contributed by atoms with van der Waals surface area (Å²) in [5, 5.41) is 9.00. The molecule has 3 nitrogen and oxygen atoms in total. The maximum absolute atomic E-state index is 12.5. The molecular formula is C14H20ClNO2S. The van der Waals surface area contributed by atoms with Crippen LogP contribution < -0.4 is 0 Å². The first-order valence-corrected chi connectivity index (χ1v) is 7.99. The minimum absolute atomic E-state index is 0.133. The molecule has 2 rings (SSSR count). The minimum Gasteiger partial charge on any atom is -0.396 e. The number of ketones is 1. The van der Waals surface area contributed by atoms with E-state index in [9.17, 15) is 4.79 Å². The molecule has 1 saturated carbocycles. The molecule has 0 aromatic carbocycles. The summed E-state index contributed by atoms with van der Waals surface area (Å²) in [6.45, 7) is 2.92. The van der Waals surface area contributed by atoms with Crippen molar-refractivity contribution in [2.75, 3.05) is 13.2 Å². The van der Waals surface area contributed by atoms with Crippen molar-refractivity contribution in [3.63, 3.8) is 0 Å². The Labute approximate surface area is 123 Å². The Hall–Kier alpha value is -0.420. The lowest BCUT2D eigenvalue weighted by molar-refractivity contribution is 0.0588. The van der Waals surface area contributed by atoms with Gasteiger partial charge in [0.25, 0.3) is 0 Å². The lowest BCUT2D eigenvalue weighted by Crippen LogP contribution is -2.49. The third kappa shape index (κ3) is 3.57. The molecule has 1 unspecified atom stereocenters. The summed E-state index contributed by atoms with van der Waals surface area (Å²) < 4.78 is 0.654. The predicted octanol–water partition coefficient (Wildman–Crippen LogP) is 3.21. The fraction of sp³-hybridized carbons (Fsp3) is 0.643. The molecule has 0 saturated heterocycles. The molecule has 1 aromatic rings. The molecule has 5 heteroatoms. The van der Waals surface area contributed by atoms with E-state index in [1.807, 2.05) is 6.92 Å². The Morgan fingerprint density at radius 2 is 2.32 bits per heavy atom. The van der Waals surface area contributed by atoms with Crippen LogP contribution >= 0.6 is 22.9 Å². The van der Waals surface area contributed by atoms with E-state index in [1.165, 1.54) is 17.8 Å². The number of carbonyl (C=O) groups excluding carboxylic acids is 1. The van der Waals surface area contributed by atoms with Crippen LogP contribution in [-0.2, 0) is 0 Å². The summed E-state index contributed by atoms with van der Waals surface area (Å²) >= 11 is 7.24. The molecule has 19 heavy (non-hydrogen) atoms. The number of hydrogen-bond donors (Lipinski definition) is 1. The highest BCUT2D eigenvalue weighted by Crippen LogP contribution is 2.29. The monoisotopic (exact) mass is 301 g/mol. The molecule has 1 fully saturated rings. The summed E-state index contributed by atoms with van der Waals surface area (Å²) in [4.78, 5) is 15.4. The molecule has 0 spiro atoms. The first-order chi connectivity index (χ1) is 9.13. The fourth-order valence-corrected chi connectivity index (χ4v) is 3.53. The molecule has 1 N–H and O–H groups in total. The average Bonchev–Trinajstić information content (AvgIpc) is 2.77. The van der Waals surface area contributed by atoms with Gasteiger partial charge in [0.05, 0.1) is 15.3 Å². The molecule has 0 radical (unpaired) electrons. The number of thiophene rings is 1. The molecule has 0 aliphatic heterocycles. The maximum Gasteiger partial charge on any atom is 0.189 e. The number of nitrogens with zero attached hydrogens (tertiary/aromatic N) is 1. The van der Waals surface area contributed by atoms with Gasteiger partial charge in [-0.25, -0.2) is 0 Å². The van der Waals surface area contributed by atoms with E-state index in [-0.39, 0.29) is 18.4 Å². The summed E-state index contributed by atoms with van der Waals surface area (Å²) in [6, 6.07) is 3.94. The van der Waals surface area contributed by atoms with Crippen LogP contribution in [0.1, 0.15) is 42.3 Å². The lowest BCUT2D eigenvalue weighted by Gasteiger charge is -2.40. The van der Waals surface area contributed by atoms with Gasteiger partial charge in [0.15, 0.2) is 5.78 Å². The van der Waals surface area contributed by atoms with Gasteiger partial charge in [-0.3, -0.25) is 9.69 Å². The zero-order valence-electron chi connectivity index (χ0n) is 11.1. The van der Waals surface area contributed by atoms with Gasteiger partial charge in [0.1, 0.15) is 0 Å². The highest BCUT2D eigenvalue weighted by molar-refractivity contribution is 7.18. The molecule has 106 valence electrons. The predicted molar refractivity (Wildman–Crippen MR) is 79.2 cm³/mol. The molecule has 0 bridgehead atoms. The highest BCUT2D eigenvalue weighted by atomic mass is 35.5. The van der Waals surface area contributed by atoms with Gasteiger partial charge >= 0.3 is 0 Å². The Kier molecular flexibility index (Phi) is 5.39. The van der Waals surface area contributed by atoms with Crippen LogP contribution in [0.4, 0.5) is 0 Å². The SMILES string of the molecule is CC(C(=O)c1ccc(Cl)s1)N(CCCO)C1CCC1. The Balaban J connectivity index is 2.04. The second kappa shape index (κ2) is 6.84. The third-order valence-corrected chi connectivity index (χ3v) is 5.06. The summed E-state index contributed by atoms with van der Waals surface area (Å²) in [5.74, 6) is 0.140. The number of aliphatic hydroxyl groups excluding tert-OH is 1. The number of aliphatic hydroxyl groups is 1. The van der Waals surface area contributed by atoms with Crippen LogP contribution in [0.15, 0.2) is 12.1 Å². The van der Waals surface area contributed by atoms with Gasteiger partial charge in [-0.1, -0.05) is 18.0 Å². The quantitative estimate of drug-likeness (QED) is 0.786. The van der Waals surface area contributed by atoms with Crippen molar-refractivity contribution in [3.8, 4) is 0 Å². The first-order valence-electron chi connectivity index (χ1n) is 6.79. The minimum atomic E-state index is -0.133. The zero-order chi connectivity index (χ0) is 13.8. The molecule has 0 amide bonds. The van der Waals surface area contributed by atoms with E-state index in [2.05, 4.69) is 4.90 Å². The third-order valence-electron chi connectivity index (χ3n) is 3.81. The number of rotatable bonds is 7. The average molecular weight is 302 g/mol. The summed E-state index contributed by atoms with van der Waals surface area (Å²) in [7, 11) is 0. The van der Waals surface area contributed by atoms with Gasteiger partial charge < -0.3 is 5.11 Å². The van der Waals surface area contributed by atoms with E-state index < -0.39 is 0 Å². The van der Waals surface area contributed by atoms with E-state index in [4.69, 9.17) is 16.7 Å². The van der Waals surface area contributed by atoms with Crippen molar-refractivity contribution < 1.29 is 9.90 Å². The first kappa shape index (κ1) is 15.0. The number of carbonyl (C=O) groups is 1. The van der Waals surface area contributed by atoms with Crippen LogP contribution in [0.2, 0.25) is 4.34 Å². The lowest BCUT2D eigenvalue weighted by atomic mass is 9.89. The molecule has 1 aromatic heterocycles.